The molecule has 4 rings (SSSR count). The normalized spacial score (nSPS) is 16.2. The molecule has 0 radical (unpaired) electrons. The first-order chi connectivity index (χ1) is 14.1. The second kappa shape index (κ2) is 8.25. The zero-order valence-corrected chi connectivity index (χ0v) is 17.3. The predicted octanol–water partition coefficient (Wildman–Crippen LogP) is 4.41. The van der Waals surface area contributed by atoms with E-state index in [0.29, 0.717) is 41.1 Å². The molecule has 1 unspecified atom stereocenters. The number of hydrogen-bond donors (Lipinski definition) is 2. The lowest BCUT2D eigenvalue weighted by molar-refractivity contribution is 0.0781. The molecule has 1 aliphatic rings. The van der Waals surface area contributed by atoms with Crippen LogP contribution in [0.3, 0.4) is 0 Å². The number of anilines is 1. The summed E-state index contributed by atoms with van der Waals surface area (Å²) in [7, 11) is 3.13. The van der Waals surface area contributed by atoms with E-state index in [9.17, 15) is 4.79 Å². The van der Waals surface area contributed by atoms with Gasteiger partial charge in [0, 0.05) is 35.6 Å². The molecule has 1 fully saturated rings. The van der Waals surface area contributed by atoms with Crippen molar-refractivity contribution < 1.29 is 14.3 Å². The van der Waals surface area contributed by atoms with Gasteiger partial charge >= 0.3 is 0 Å². The quantitative estimate of drug-likeness (QED) is 0.628. The van der Waals surface area contributed by atoms with Crippen molar-refractivity contribution in [1.82, 2.24) is 9.88 Å². The molecule has 29 heavy (non-hydrogen) atoms. The molecule has 2 aromatic carbocycles. The summed E-state index contributed by atoms with van der Waals surface area (Å²) in [6, 6.07) is 13.3. The number of H-pyrrole nitrogens is 1. The molecular weight excluding hydrogens is 390 g/mol. The van der Waals surface area contributed by atoms with E-state index < -0.39 is 0 Å². The lowest BCUT2D eigenvalue weighted by atomic mass is 10.1. The minimum absolute atomic E-state index is 0.0537. The molecule has 0 saturated carbocycles. The highest BCUT2D eigenvalue weighted by Crippen LogP contribution is 2.31. The highest BCUT2D eigenvalue weighted by Gasteiger charge is 2.30. The molecule has 7 heteroatoms. The van der Waals surface area contributed by atoms with E-state index in [4.69, 9.17) is 21.1 Å². The molecule has 0 aliphatic carbocycles. The average molecular weight is 414 g/mol. The lowest BCUT2D eigenvalue weighted by Gasteiger charge is -2.20. The number of rotatable bonds is 6. The Morgan fingerprint density at radius 2 is 1.97 bits per heavy atom. The van der Waals surface area contributed by atoms with Gasteiger partial charge in [-0.1, -0.05) is 23.7 Å². The molecule has 1 aromatic heterocycles. The Morgan fingerprint density at radius 1 is 1.21 bits per heavy atom. The van der Waals surface area contributed by atoms with Gasteiger partial charge in [-0.2, -0.15) is 0 Å². The average Bonchev–Trinajstić information content (AvgIpc) is 3.37. The summed E-state index contributed by atoms with van der Waals surface area (Å²) in [5.41, 5.74) is 1.49. The first kappa shape index (κ1) is 19.5. The predicted molar refractivity (Wildman–Crippen MR) is 115 cm³/mol. The molecule has 1 atom stereocenters. The molecule has 1 saturated heterocycles. The Labute approximate surface area is 174 Å². The number of benzene rings is 2. The summed E-state index contributed by atoms with van der Waals surface area (Å²) in [5, 5.41) is 5.28. The van der Waals surface area contributed by atoms with Gasteiger partial charge in [-0.05, 0) is 42.7 Å². The van der Waals surface area contributed by atoms with Crippen molar-refractivity contribution in [2.24, 2.45) is 5.92 Å². The number of ether oxygens (including phenoxy) is 2. The van der Waals surface area contributed by atoms with Crippen LogP contribution in [0, 0.1) is 5.92 Å². The second-order valence-corrected chi connectivity index (χ2v) is 7.68. The molecule has 2 heterocycles. The smallest absolute Gasteiger partial charge is 0.261 e. The fourth-order valence-electron chi connectivity index (χ4n) is 3.85. The molecule has 6 nitrogen and oxygen atoms in total. The van der Waals surface area contributed by atoms with Gasteiger partial charge in [0.15, 0.2) is 0 Å². The number of methoxy groups -OCH3 is 2. The van der Waals surface area contributed by atoms with Crippen molar-refractivity contribution >= 4 is 34.2 Å². The lowest BCUT2D eigenvalue weighted by Crippen LogP contribution is -2.30. The van der Waals surface area contributed by atoms with Crippen molar-refractivity contribution in [3.05, 3.63) is 53.1 Å². The highest BCUT2D eigenvalue weighted by molar-refractivity contribution is 6.31. The zero-order valence-electron chi connectivity index (χ0n) is 16.5. The molecule has 2 N–H and O–H groups in total. The Kier molecular flexibility index (Phi) is 5.53. The van der Waals surface area contributed by atoms with Crippen molar-refractivity contribution in [2.75, 3.05) is 39.2 Å². The van der Waals surface area contributed by atoms with E-state index >= 15 is 0 Å². The number of nitrogens with zero attached hydrogens (tertiary/aromatic N) is 1. The van der Waals surface area contributed by atoms with Gasteiger partial charge in [-0.3, -0.25) is 4.79 Å². The molecule has 3 aromatic rings. The van der Waals surface area contributed by atoms with Crippen LogP contribution in [0.4, 0.5) is 5.82 Å². The van der Waals surface area contributed by atoms with Crippen molar-refractivity contribution in [3.63, 3.8) is 0 Å². The fourth-order valence-corrected chi connectivity index (χ4v) is 4.02. The highest BCUT2D eigenvalue weighted by atomic mass is 35.5. The number of aromatic nitrogens is 1. The number of halogens is 1. The maximum absolute atomic E-state index is 13.1. The fraction of sp³-hybridized carbons (Fsp3) is 0.318. The summed E-state index contributed by atoms with van der Waals surface area (Å²) < 4.78 is 10.8. The standard InChI is InChI=1S/C22H24ClN3O3/c1-28-18-4-3-5-19(29-2)21(18)22(27)26-9-8-14(13-26)12-24-20-10-15-6-7-16(23)11-17(15)25-20/h3-7,10-11,14,24-25H,8-9,12-13H2,1-2H3. The monoisotopic (exact) mass is 413 g/mol. The summed E-state index contributed by atoms with van der Waals surface area (Å²) >= 11 is 6.05. The van der Waals surface area contributed by atoms with Gasteiger partial charge in [0.1, 0.15) is 22.9 Å². The van der Waals surface area contributed by atoms with E-state index in [-0.39, 0.29) is 5.91 Å². The van der Waals surface area contributed by atoms with Crippen LogP contribution in [0.2, 0.25) is 5.02 Å². The Hall–Kier alpha value is -2.86. The van der Waals surface area contributed by atoms with Crippen LogP contribution in [0.1, 0.15) is 16.8 Å². The van der Waals surface area contributed by atoms with Crippen LogP contribution in [0.25, 0.3) is 10.9 Å². The van der Waals surface area contributed by atoms with Gasteiger partial charge in [0.2, 0.25) is 0 Å². The number of nitrogens with one attached hydrogen (secondary N) is 2. The third-order valence-electron chi connectivity index (χ3n) is 5.38. The van der Waals surface area contributed by atoms with Crippen LogP contribution in [0.5, 0.6) is 11.5 Å². The molecule has 0 spiro atoms. The van der Waals surface area contributed by atoms with E-state index in [1.54, 1.807) is 26.4 Å². The van der Waals surface area contributed by atoms with E-state index in [0.717, 1.165) is 29.7 Å². The first-order valence-corrected chi connectivity index (χ1v) is 9.99. The van der Waals surface area contributed by atoms with Crippen LogP contribution in [-0.2, 0) is 0 Å². The number of amides is 1. The van der Waals surface area contributed by atoms with E-state index in [1.807, 2.05) is 29.2 Å². The number of fused-ring (bicyclic) bond motifs is 1. The minimum atomic E-state index is -0.0537. The molecular formula is C22H24ClN3O3. The summed E-state index contributed by atoms with van der Waals surface area (Å²) in [6.07, 6.45) is 0.947. The van der Waals surface area contributed by atoms with Crippen LogP contribution < -0.4 is 14.8 Å². The van der Waals surface area contributed by atoms with E-state index in [2.05, 4.69) is 16.4 Å². The zero-order chi connectivity index (χ0) is 20.4. The Morgan fingerprint density at radius 3 is 2.69 bits per heavy atom. The first-order valence-electron chi connectivity index (χ1n) is 9.61. The van der Waals surface area contributed by atoms with Gasteiger partial charge in [-0.25, -0.2) is 0 Å². The third-order valence-corrected chi connectivity index (χ3v) is 5.62. The van der Waals surface area contributed by atoms with Gasteiger partial charge in [-0.15, -0.1) is 0 Å². The Bertz CT molecular complexity index is 1010. The SMILES string of the molecule is COc1cccc(OC)c1C(=O)N1CCC(CNc2cc3ccc(Cl)cc3[nH]2)C1. The van der Waals surface area contributed by atoms with Crippen molar-refractivity contribution in [2.45, 2.75) is 6.42 Å². The van der Waals surface area contributed by atoms with Crippen molar-refractivity contribution in [1.29, 1.82) is 0 Å². The topological polar surface area (TPSA) is 66.6 Å². The molecule has 1 amide bonds. The maximum Gasteiger partial charge on any atom is 0.261 e. The minimum Gasteiger partial charge on any atom is -0.496 e. The molecule has 1 aliphatic heterocycles. The largest absolute Gasteiger partial charge is 0.496 e. The number of hydrogen-bond acceptors (Lipinski definition) is 4. The number of likely N-dealkylation sites (tertiary alicyclic amines) is 1. The number of carbonyl (C=O) groups excluding carboxylic acids is 1. The van der Waals surface area contributed by atoms with Crippen molar-refractivity contribution in [3.8, 4) is 11.5 Å². The van der Waals surface area contributed by atoms with Crippen LogP contribution in [-0.4, -0.2) is 49.6 Å². The Balaban J connectivity index is 1.40. The van der Waals surface area contributed by atoms with E-state index in [1.165, 1.54) is 0 Å². The molecule has 152 valence electrons. The van der Waals surface area contributed by atoms with Crippen LogP contribution >= 0.6 is 11.6 Å². The summed E-state index contributed by atoms with van der Waals surface area (Å²) in [5.74, 6) is 2.34. The van der Waals surface area contributed by atoms with Gasteiger partial charge in [0.05, 0.1) is 14.2 Å². The number of carbonyl (C=O) groups is 1. The van der Waals surface area contributed by atoms with Gasteiger partial charge < -0.3 is 24.7 Å². The second-order valence-electron chi connectivity index (χ2n) is 7.24. The number of aromatic amines is 1. The third kappa shape index (κ3) is 3.98. The van der Waals surface area contributed by atoms with Crippen LogP contribution in [0.15, 0.2) is 42.5 Å². The summed E-state index contributed by atoms with van der Waals surface area (Å²) in [6.45, 7) is 2.20. The maximum atomic E-state index is 13.1. The summed E-state index contributed by atoms with van der Waals surface area (Å²) in [4.78, 5) is 18.3. The molecule has 0 bridgehead atoms. The van der Waals surface area contributed by atoms with Gasteiger partial charge in [0.25, 0.3) is 5.91 Å².